The molecule has 0 spiro atoms. The summed E-state index contributed by atoms with van der Waals surface area (Å²) < 4.78 is 30.2. The van der Waals surface area contributed by atoms with E-state index in [2.05, 4.69) is 5.32 Å². The molecule has 2 bridgehead atoms. The van der Waals surface area contributed by atoms with Gasteiger partial charge in [-0.15, -0.1) is 0 Å². The average molecular weight is 794 g/mol. The van der Waals surface area contributed by atoms with E-state index in [0.29, 0.717) is 5.56 Å². The number of ketones is 1. The smallest absolute Gasteiger partial charge is 0.408 e. The topological polar surface area (TPSA) is 207 Å². The lowest BCUT2D eigenvalue weighted by Gasteiger charge is -2.68. The second-order valence-corrected chi connectivity index (χ2v) is 17.4. The highest BCUT2D eigenvalue weighted by atomic mass is 16.6. The van der Waals surface area contributed by atoms with Crippen molar-refractivity contribution >= 4 is 23.8 Å². The Morgan fingerprint density at radius 2 is 1.60 bits per heavy atom. The first-order chi connectivity index (χ1) is 26.6. The van der Waals surface area contributed by atoms with Crippen molar-refractivity contribution in [1.82, 2.24) is 5.32 Å². The normalized spacial score (nSPS) is 34.2. The maximum absolute atomic E-state index is 14.9. The zero-order valence-corrected chi connectivity index (χ0v) is 33.7. The van der Waals surface area contributed by atoms with Gasteiger partial charge in [-0.3, -0.25) is 4.79 Å². The summed E-state index contributed by atoms with van der Waals surface area (Å²) in [6, 6.07) is 15.0. The molecule has 3 aliphatic carbocycles. The van der Waals surface area contributed by atoms with Crippen LogP contribution in [-0.2, 0) is 33.3 Å². The Labute approximate surface area is 332 Å². The Morgan fingerprint density at radius 1 is 0.982 bits per heavy atom. The van der Waals surface area contributed by atoms with Crippen molar-refractivity contribution in [2.75, 3.05) is 13.2 Å². The number of benzene rings is 2. The highest BCUT2D eigenvalue weighted by Crippen LogP contribution is 2.64. The Kier molecular flexibility index (Phi) is 11.3. The number of rotatable bonds is 9. The monoisotopic (exact) mass is 793 g/mol. The first-order valence-electron chi connectivity index (χ1n) is 19.4. The molecule has 0 radical (unpaired) electrons. The third kappa shape index (κ3) is 7.08. The predicted molar refractivity (Wildman–Crippen MR) is 203 cm³/mol. The number of aliphatic hydroxyl groups is 4. The second kappa shape index (κ2) is 15.2. The van der Waals surface area contributed by atoms with Gasteiger partial charge in [0.1, 0.15) is 35.1 Å². The summed E-state index contributed by atoms with van der Waals surface area (Å²) in [7, 11) is 0. The van der Waals surface area contributed by atoms with Crippen LogP contribution in [0.25, 0.3) is 0 Å². The molecule has 57 heavy (non-hydrogen) atoms. The molecule has 2 aromatic rings. The number of amides is 1. The Balaban J connectivity index is 1.47. The van der Waals surface area contributed by atoms with Crippen LogP contribution < -0.4 is 5.32 Å². The van der Waals surface area contributed by atoms with Crippen LogP contribution in [0.3, 0.4) is 0 Å². The van der Waals surface area contributed by atoms with Crippen molar-refractivity contribution in [3.63, 3.8) is 0 Å². The van der Waals surface area contributed by atoms with E-state index in [1.807, 2.05) is 0 Å². The molecule has 3 fully saturated rings. The van der Waals surface area contributed by atoms with Crippen LogP contribution >= 0.6 is 0 Å². The molecule has 14 nitrogen and oxygen atoms in total. The predicted octanol–water partition coefficient (Wildman–Crippen LogP) is 3.73. The standard InChI is InChI=1S/C43H55NO13/c1-9-54-42-22-53-28(42)20-27(45)41(8)33(42)35(56-36(49)25-18-14-11-15-19-25)43(52)21-26(23(2)29(40(43,6)7)31(46)34(41)48)55-37(50)32(47)30(24-16-12-10-13-17-24)44-38(51)57-39(3,4)5/h10-19,26-28,30-33,35,45-47,52H,9,20-22H2,1-8H3,(H,44,51)/t26-,27-,28+,30-,31+,32+,33-,35-,41+,42-,43+/m0/s1. The molecular formula is C43H55NO13. The van der Waals surface area contributed by atoms with Crippen molar-refractivity contribution in [3.8, 4) is 0 Å². The van der Waals surface area contributed by atoms with Gasteiger partial charge in [0.2, 0.25) is 0 Å². The van der Waals surface area contributed by atoms with Gasteiger partial charge in [-0.2, -0.15) is 0 Å². The quantitative estimate of drug-likeness (QED) is 0.140. The number of esters is 2. The minimum atomic E-state index is -2.23. The van der Waals surface area contributed by atoms with E-state index < -0.39 is 106 Å². The van der Waals surface area contributed by atoms with Crippen molar-refractivity contribution in [1.29, 1.82) is 0 Å². The number of alkyl carbamates (subject to hydrolysis) is 1. The minimum absolute atomic E-state index is 0.00473. The van der Waals surface area contributed by atoms with Gasteiger partial charge < -0.3 is 49.4 Å². The molecule has 2 aromatic carbocycles. The van der Waals surface area contributed by atoms with Crippen LogP contribution in [0.4, 0.5) is 4.79 Å². The van der Waals surface area contributed by atoms with E-state index in [1.165, 1.54) is 19.1 Å². The number of carbonyl (C=O) groups excluding carboxylic acids is 4. The molecular weight excluding hydrogens is 738 g/mol. The number of aliphatic hydroxyl groups excluding tert-OH is 3. The van der Waals surface area contributed by atoms with Crippen molar-refractivity contribution in [3.05, 3.63) is 82.9 Å². The summed E-state index contributed by atoms with van der Waals surface area (Å²) in [6.07, 6.45) is -10.5. The summed E-state index contributed by atoms with van der Waals surface area (Å²) in [5.41, 5.74) is -7.13. The molecule has 6 rings (SSSR count). The Morgan fingerprint density at radius 3 is 2.16 bits per heavy atom. The molecule has 0 aromatic heterocycles. The number of carbonyl (C=O) groups is 4. The van der Waals surface area contributed by atoms with E-state index in [9.17, 15) is 39.6 Å². The Bertz CT molecular complexity index is 1890. The summed E-state index contributed by atoms with van der Waals surface area (Å²) >= 11 is 0. The molecule has 4 aliphatic rings. The maximum atomic E-state index is 14.9. The Hall–Kier alpha value is -4.18. The molecule has 2 saturated carbocycles. The van der Waals surface area contributed by atoms with Crippen molar-refractivity contribution < 1.29 is 63.3 Å². The lowest BCUT2D eigenvalue weighted by atomic mass is 9.44. The molecule has 1 heterocycles. The van der Waals surface area contributed by atoms with Crippen LogP contribution in [0.5, 0.6) is 0 Å². The van der Waals surface area contributed by atoms with Crippen molar-refractivity contribution in [2.45, 2.75) is 128 Å². The molecule has 11 atom stereocenters. The van der Waals surface area contributed by atoms with Gasteiger partial charge in [-0.05, 0) is 70.4 Å². The highest BCUT2D eigenvalue weighted by molar-refractivity contribution is 5.94. The average Bonchev–Trinajstić information content (AvgIpc) is 3.15. The number of nitrogens with one attached hydrogen (secondary N) is 1. The van der Waals surface area contributed by atoms with E-state index in [4.69, 9.17) is 23.7 Å². The highest BCUT2D eigenvalue weighted by Gasteiger charge is 2.77. The second-order valence-electron chi connectivity index (χ2n) is 17.4. The number of ether oxygens (including phenoxy) is 5. The van der Waals surface area contributed by atoms with Gasteiger partial charge in [0.25, 0.3) is 0 Å². The SMILES string of the molecule is CCO[C@@]12CO[C@@H]1C[C@H](O)[C@@]1(C)C(=O)[C@H](O)C3=C(C)[C@@H](OC(=O)[C@H](O)[C@@H](NC(=O)OC(C)(C)C)c4ccccc4)C[C@@](O)([C@@H](OC(=O)c4ccccc4)[C@H]21)C3(C)C. The molecule has 310 valence electrons. The number of Topliss-reactive ketones (excluding diaryl/α,β-unsaturated/α-hetero) is 1. The van der Waals surface area contributed by atoms with E-state index in [1.54, 1.807) is 97.0 Å². The van der Waals surface area contributed by atoms with Gasteiger partial charge in [0.05, 0.1) is 35.8 Å². The van der Waals surface area contributed by atoms with Crippen LogP contribution in [0.1, 0.15) is 90.2 Å². The number of hydrogen-bond donors (Lipinski definition) is 5. The van der Waals surface area contributed by atoms with Gasteiger partial charge in [-0.1, -0.05) is 62.4 Å². The maximum Gasteiger partial charge on any atom is 0.408 e. The summed E-state index contributed by atoms with van der Waals surface area (Å²) in [5.74, 6) is -4.11. The largest absolute Gasteiger partial charge is 0.456 e. The van der Waals surface area contributed by atoms with Gasteiger partial charge in [-0.25, -0.2) is 14.4 Å². The van der Waals surface area contributed by atoms with Gasteiger partial charge in [0, 0.05) is 30.8 Å². The fourth-order valence-electron chi connectivity index (χ4n) is 9.63. The van der Waals surface area contributed by atoms with Crippen LogP contribution in [-0.4, -0.2) is 111 Å². The number of fused-ring (bicyclic) bond motifs is 5. The fraction of sp³-hybridized carbons (Fsp3) is 0.581. The van der Waals surface area contributed by atoms with E-state index >= 15 is 0 Å². The molecule has 14 heteroatoms. The summed E-state index contributed by atoms with van der Waals surface area (Å²) in [5, 5.41) is 51.6. The number of hydrogen-bond acceptors (Lipinski definition) is 13. The lowest BCUT2D eigenvalue weighted by Crippen LogP contribution is -2.81. The van der Waals surface area contributed by atoms with E-state index in [-0.39, 0.29) is 36.3 Å². The first kappa shape index (κ1) is 42.4. The van der Waals surface area contributed by atoms with E-state index in [0.717, 1.165) is 0 Å². The first-order valence-corrected chi connectivity index (χ1v) is 19.4. The van der Waals surface area contributed by atoms with Crippen LogP contribution in [0.2, 0.25) is 0 Å². The molecule has 1 aliphatic heterocycles. The molecule has 1 saturated heterocycles. The van der Waals surface area contributed by atoms with Gasteiger partial charge >= 0.3 is 18.0 Å². The zero-order valence-electron chi connectivity index (χ0n) is 33.7. The summed E-state index contributed by atoms with van der Waals surface area (Å²) in [6.45, 7) is 13.1. The van der Waals surface area contributed by atoms with Crippen molar-refractivity contribution in [2.24, 2.45) is 16.7 Å². The third-order valence-electron chi connectivity index (χ3n) is 12.6. The molecule has 1 amide bonds. The van der Waals surface area contributed by atoms with Gasteiger partial charge in [0.15, 0.2) is 11.9 Å². The minimum Gasteiger partial charge on any atom is -0.456 e. The third-order valence-corrected chi connectivity index (χ3v) is 12.6. The molecule has 5 N–H and O–H groups in total. The zero-order chi connectivity index (χ0) is 41.9. The van der Waals surface area contributed by atoms with Crippen LogP contribution in [0, 0.1) is 16.7 Å². The lowest BCUT2D eigenvalue weighted by molar-refractivity contribution is -0.356. The van der Waals surface area contributed by atoms with Crippen LogP contribution in [0.15, 0.2) is 71.8 Å². The fourth-order valence-corrected chi connectivity index (χ4v) is 9.63. The molecule has 0 unspecified atom stereocenters. The summed E-state index contributed by atoms with van der Waals surface area (Å²) in [4.78, 5) is 56.1.